The number of hydrazine groups is 1. The molecular formula is C25H27N5O4S. The molecule has 1 heterocycles. The standard InChI is InChI=1S/C25H27N5O4S/c1-25(2,3)19-13-16(9-12-23(31)27-26)14-22(24(19)32)30-28-20-11-10-18(15-21(20)29-30)35(33,34)17-7-5-4-6-8-17/h4-8,10-11,13-15,32H,9,12,26H2,1-3H3,(H,27,31). The molecule has 0 saturated carbocycles. The molecule has 0 radical (unpaired) electrons. The molecule has 4 rings (SSSR count). The highest BCUT2D eigenvalue weighted by Crippen LogP contribution is 2.36. The Morgan fingerprint density at radius 1 is 1.00 bits per heavy atom. The molecule has 0 fully saturated rings. The van der Waals surface area contributed by atoms with Gasteiger partial charge in [-0.25, -0.2) is 14.3 Å². The van der Waals surface area contributed by atoms with Crippen molar-refractivity contribution in [3.63, 3.8) is 0 Å². The van der Waals surface area contributed by atoms with E-state index in [1.165, 1.54) is 16.9 Å². The highest BCUT2D eigenvalue weighted by Gasteiger charge is 2.24. The number of rotatable bonds is 6. The number of fused-ring (bicyclic) bond motifs is 1. The fourth-order valence-corrected chi connectivity index (χ4v) is 5.08. The lowest BCUT2D eigenvalue weighted by Gasteiger charge is -2.23. The average Bonchev–Trinajstić information content (AvgIpc) is 3.26. The van der Waals surface area contributed by atoms with E-state index >= 15 is 0 Å². The van der Waals surface area contributed by atoms with Crippen LogP contribution in [0.1, 0.15) is 38.3 Å². The smallest absolute Gasteiger partial charge is 0.234 e. The van der Waals surface area contributed by atoms with Gasteiger partial charge in [-0.15, -0.1) is 15.0 Å². The fraction of sp³-hybridized carbons (Fsp3) is 0.240. The monoisotopic (exact) mass is 493 g/mol. The first-order valence-corrected chi connectivity index (χ1v) is 12.5. The Balaban J connectivity index is 1.80. The van der Waals surface area contributed by atoms with Gasteiger partial charge >= 0.3 is 0 Å². The van der Waals surface area contributed by atoms with Gasteiger partial charge < -0.3 is 5.11 Å². The van der Waals surface area contributed by atoms with Gasteiger partial charge in [0.15, 0.2) is 0 Å². The second-order valence-electron chi connectivity index (χ2n) is 9.29. The highest BCUT2D eigenvalue weighted by atomic mass is 32.2. The number of carbonyl (C=O) groups is 1. The van der Waals surface area contributed by atoms with E-state index in [1.807, 2.05) is 26.8 Å². The Kier molecular flexibility index (Phi) is 6.35. The number of hydrogen-bond donors (Lipinski definition) is 3. The van der Waals surface area contributed by atoms with Crippen LogP contribution >= 0.6 is 0 Å². The number of amides is 1. The van der Waals surface area contributed by atoms with Crippen LogP contribution in [0.15, 0.2) is 70.5 Å². The van der Waals surface area contributed by atoms with Crippen molar-refractivity contribution >= 4 is 26.8 Å². The molecule has 0 unspecified atom stereocenters. The predicted octanol–water partition coefficient (Wildman–Crippen LogP) is 3.18. The van der Waals surface area contributed by atoms with E-state index in [9.17, 15) is 18.3 Å². The Morgan fingerprint density at radius 3 is 2.34 bits per heavy atom. The second kappa shape index (κ2) is 9.12. The van der Waals surface area contributed by atoms with Crippen molar-refractivity contribution in [3.8, 4) is 11.4 Å². The molecule has 0 aliphatic heterocycles. The molecule has 0 saturated heterocycles. The Morgan fingerprint density at radius 2 is 1.69 bits per heavy atom. The summed E-state index contributed by atoms with van der Waals surface area (Å²) in [5, 5.41) is 20.0. The number of nitrogens with zero attached hydrogens (tertiary/aromatic N) is 3. The molecule has 9 nitrogen and oxygen atoms in total. The van der Waals surface area contributed by atoms with Gasteiger partial charge in [-0.05, 0) is 53.8 Å². The van der Waals surface area contributed by atoms with Crippen molar-refractivity contribution in [3.05, 3.63) is 71.8 Å². The molecule has 10 heteroatoms. The van der Waals surface area contributed by atoms with E-state index in [-0.39, 0.29) is 27.9 Å². The zero-order valence-corrected chi connectivity index (χ0v) is 20.5. The van der Waals surface area contributed by atoms with Gasteiger partial charge in [0.1, 0.15) is 22.5 Å². The van der Waals surface area contributed by atoms with Crippen LogP contribution in [-0.4, -0.2) is 34.4 Å². The van der Waals surface area contributed by atoms with Crippen molar-refractivity contribution in [2.75, 3.05) is 0 Å². The van der Waals surface area contributed by atoms with Gasteiger partial charge in [0.05, 0.1) is 9.79 Å². The maximum absolute atomic E-state index is 13.0. The topological polar surface area (TPSA) is 140 Å². The SMILES string of the molecule is CC(C)(C)c1cc(CCC(=O)NN)cc(-n2nc3ccc(S(=O)(=O)c4ccccc4)cc3n2)c1O. The van der Waals surface area contributed by atoms with E-state index in [2.05, 4.69) is 15.6 Å². The summed E-state index contributed by atoms with van der Waals surface area (Å²) in [6, 6.07) is 16.3. The molecule has 1 aromatic heterocycles. The number of phenols is 1. The summed E-state index contributed by atoms with van der Waals surface area (Å²) in [6.45, 7) is 5.90. The number of hydrogen-bond acceptors (Lipinski definition) is 7. The number of aromatic hydroxyl groups is 1. The second-order valence-corrected chi connectivity index (χ2v) is 11.2. The minimum atomic E-state index is -3.72. The normalized spacial score (nSPS) is 12.1. The maximum atomic E-state index is 13.0. The van der Waals surface area contributed by atoms with Crippen LogP contribution in [0.3, 0.4) is 0 Å². The van der Waals surface area contributed by atoms with Crippen molar-refractivity contribution < 1.29 is 18.3 Å². The lowest BCUT2D eigenvalue weighted by Crippen LogP contribution is -2.30. The summed E-state index contributed by atoms with van der Waals surface area (Å²) in [5.41, 5.74) is 4.38. The molecule has 182 valence electrons. The molecule has 3 aromatic carbocycles. The first-order valence-electron chi connectivity index (χ1n) is 11.0. The minimum absolute atomic E-state index is 0.0157. The molecule has 4 aromatic rings. The van der Waals surface area contributed by atoms with Crippen LogP contribution in [0.2, 0.25) is 0 Å². The van der Waals surface area contributed by atoms with Gasteiger partial charge in [-0.1, -0.05) is 45.0 Å². The third kappa shape index (κ3) is 4.89. The summed E-state index contributed by atoms with van der Waals surface area (Å²) in [6.07, 6.45) is 0.583. The van der Waals surface area contributed by atoms with Gasteiger partial charge in [0.25, 0.3) is 0 Å². The van der Waals surface area contributed by atoms with E-state index in [1.54, 1.807) is 42.5 Å². The lowest BCUT2D eigenvalue weighted by atomic mass is 9.84. The Hall–Kier alpha value is -3.76. The largest absolute Gasteiger partial charge is 0.505 e. The quantitative estimate of drug-likeness (QED) is 0.213. The van der Waals surface area contributed by atoms with Gasteiger partial charge in [-0.2, -0.15) is 0 Å². The lowest BCUT2D eigenvalue weighted by molar-refractivity contribution is -0.121. The maximum Gasteiger partial charge on any atom is 0.234 e. The number of aryl methyl sites for hydroxylation is 1. The summed E-state index contributed by atoms with van der Waals surface area (Å²) in [4.78, 5) is 13.2. The zero-order valence-electron chi connectivity index (χ0n) is 19.7. The number of nitrogens with two attached hydrogens (primary N) is 1. The summed E-state index contributed by atoms with van der Waals surface area (Å²) < 4.78 is 26.0. The van der Waals surface area contributed by atoms with Crippen molar-refractivity contribution in [2.45, 2.75) is 48.8 Å². The molecule has 0 aliphatic carbocycles. The van der Waals surface area contributed by atoms with Crippen LogP contribution in [0.25, 0.3) is 16.7 Å². The van der Waals surface area contributed by atoms with Gasteiger partial charge in [-0.3, -0.25) is 10.2 Å². The summed E-state index contributed by atoms with van der Waals surface area (Å²) in [7, 11) is -3.72. The van der Waals surface area contributed by atoms with E-state index in [0.29, 0.717) is 28.7 Å². The highest BCUT2D eigenvalue weighted by molar-refractivity contribution is 7.91. The molecule has 1 amide bonds. The zero-order chi connectivity index (χ0) is 25.4. The van der Waals surface area contributed by atoms with Crippen LogP contribution in [0, 0.1) is 0 Å². The Labute approximate surface area is 203 Å². The summed E-state index contributed by atoms with van der Waals surface area (Å²) in [5.74, 6) is 4.91. The first kappa shape index (κ1) is 24.4. The van der Waals surface area contributed by atoms with Crippen LogP contribution in [0.4, 0.5) is 0 Å². The molecule has 0 bridgehead atoms. The van der Waals surface area contributed by atoms with Crippen molar-refractivity contribution in [1.82, 2.24) is 20.4 Å². The number of nitrogens with one attached hydrogen (secondary N) is 1. The molecule has 4 N–H and O–H groups in total. The molecule has 35 heavy (non-hydrogen) atoms. The van der Waals surface area contributed by atoms with Crippen molar-refractivity contribution in [2.24, 2.45) is 5.84 Å². The molecular weight excluding hydrogens is 466 g/mol. The molecule has 0 spiro atoms. The van der Waals surface area contributed by atoms with Crippen LogP contribution < -0.4 is 11.3 Å². The van der Waals surface area contributed by atoms with Crippen LogP contribution in [0.5, 0.6) is 5.75 Å². The van der Waals surface area contributed by atoms with Gasteiger partial charge in [0.2, 0.25) is 15.7 Å². The third-order valence-electron chi connectivity index (χ3n) is 5.69. The predicted molar refractivity (Wildman–Crippen MR) is 132 cm³/mol. The number of carbonyl (C=O) groups excluding carboxylic acids is 1. The Bertz CT molecular complexity index is 1510. The number of aromatic nitrogens is 3. The fourth-order valence-electron chi connectivity index (χ4n) is 3.78. The molecule has 0 aliphatic rings. The van der Waals surface area contributed by atoms with Crippen molar-refractivity contribution in [1.29, 1.82) is 0 Å². The van der Waals surface area contributed by atoms with Crippen LogP contribution in [-0.2, 0) is 26.5 Å². The minimum Gasteiger partial charge on any atom is -0.505 e. The number of phenolic OH excluding ortho intramolecular Hbond substituents is 1. The average molecular weight is 494 g/mol. The van der Waals surface area contributed by atoms with E-state index in [0.717, 1.165) is 5.56 Å². The summed E-state index contributed by atoms with van der Waals surface area (Å²) >= 11 is 0. The van der Waals surface area contributed by atoms with Gasteiger partial charge in [0, 0.05) is 12.0 Å². The molecule has 0 atom stereocenters. The van der Waals surface area contributed by atoms with E-state index in [4.69, 9.17) is 5.84 Å². The van der Waals surface area contributed by atoms with E-state index < -0.39 is 15.3 Å². The number of sulfone groups is 1. The third-order valence-corrected chi connectivity index (χ3v) is 7.46. The number of benzene rings is 3. The first-order chi connectivity index (χ1) is 16.5.